The van der Waals surface area contributed by atoms with Gasteiger partial charge in [-0.25, -0.2) is 0 Å². The predicted molar refractivity (Wildman–Crippen MR) is 55.0 cm³/mol. The molecular weight excluding hydrogens is 148 g/mol. The molecule has 0 fully saturated rings. The van der Waals surface area contributed by atoms with E-state index in [-0.39, 0.29) is 5.54 Å². The molecule has 0 atom stereocenters. The van der Waals surface area contributed by atoms with E-state index in [4.69, 9.17) is 0 Å². The van der Waals surface area contributed by atoms with Crippen LogP contribution < -0.4 is 10.9 Å². The zero-order valence-electron chi connectivity index (χ0n) is 9.41. The van der Waals surface area contributed by atoms with Crippen LogP contribution in [0.1, 0.15) is 48.0 Å². The number of nitrogens with one attached hydrogen (secondary N) is 2. The first-order chi connectivity index (χ1) is 5.27. The normalized spacial score (nSPS) is 13.5. The summed E-state index contributed by atoms with van der Waals surface area (Å²) in [5.41, 5.74) is 7.03. The molecule has 0 rings (SSSR count). The largest absolute Gasteiger partial charge is 0.258 e. The number of hydrazine groups is 1. The van der Waals surface area contributed by atoms with Gasteiger partial charge < -0.3 is 0 Å². The van der Waals surface area contributed by atoms with Gasteiger partial charge in [-0.15, -0.1) is 0 Å². The summed E-state index contributed by atoms with van der Waals surface area (Å²) in [7, 11) is 0. The maximum Gasteiger partial charge on any atom is 0.0272 e. The number of rotatable bonds is 4. The van der Waals surface area contributed by atoms with Gasteiger partial charge in [0.1, 0.15) is 0 Å². The lowest BCUT2D eigenvalue weighted by Gasteiger charge is -2.33. The molecule has 0 aliphatic rings. The van der Waals surface area contributed by atoms with Crippen LogP contribution in [0.5, 0.6) is 0 Å². The molecule has 0 saturated heterocycles. The topological polar surface area (TPSA) is 24.1 Å². The van der Waals surface area contributed by atoms with Crippen LogP contribution in [-0.4, -0.2) is 12.1 Å². The fourth-order valence-electron chi connectivity index (χ4n) is 1.70. The van der Waals surface area contributed by atoms with Crippen LogP contribution in [-0.2, 0) is 0 Å². The van der Waals surface area contributed by atoms with Gasteiger partial charge in [-0.3, -0.25) is 10.9 Å². The van der Waals surface area contributed by atoms with Crippen LogP contribution in [0, 0.1) is 5.41 Å². The summed E-state index contributed by atoms with van der Waals surface area (Å²) in [6.45, 7) is 14.3. The fraction of sp³-hybridized carbons (Fsp3) is 1.00. The molecular formula is C10H24N2. The third-order valence-corrected chi connectivity index (χ3v) is 1.58. The molecule has 0 saturated carbocycles. The fourth-order valence-corrected chi connectivity index (χ4v) is 1.70. The first-order valence-corrected chi connectivity index (χ1v) is 4.77. The van der Waals surface area contributed by atoms with Gasteiger partial charge in [0.15, 0.2) is 0 Å². The summed E-state index contributed by atoms with van der Waals surface area (Å²) < 4.78 is 0. The van der Waals surface area contributed by atoms with Gasteiger partial charge in [0.25, 0.3) is 0 Å². The van der Waals surface area contributed by atoms with Gasteiger partial charge in [0.2, 0.25) is 0 Å². The molecule has 0 aliphatic carbocycles. The van der Waals surface area contributed by atoms with Crippen molar-refractivity contribution in [2.24, 2.45) is 5.41 Å². The van der Waals surface area contributed by atoms with E-state index in [1.165, 1.54) is 0 Å². The van der Waals surface area contributed by atoms with Crippen LogP contribution in [0.15, 0.2) is 0 Å². The van der Waals surface area contributed by atoms with Crippen molar-refractivity contribution in [3.8, 4) is 0 Å². The zero-order chi connectivity index (χ0) is 9.83. The lowest BCUT2D eigenvalue weighted by Crippen LogP contribution is -2.49. The molecule has 0 aromatic heterocycles. The zero-order valence-corrected chi connectivity index (χ0v) is 9.41. The van der Waals surface area contributed by atoms with Crippen LogP contribution in [0.25, 0.3) is 0 Å². The maximum absolute atomic E-state index is 3.32. The van der Waals surface area contributed by atoms with Crippen molar-refractivity contribution >= 4 is 0 Å². The van der Waals surface area contributed by atoms with Gasteiger partial charge in [-0.2, -0.15) is 0 Å². The summed E-state index contributed by atoms with van der Waals surface area (Å²) in [5.74, 6) is 0. The molecule has 2 heteroatoms. The predicted octanol–water partition coefficient (Wildman–Crippen LogP) is 2.32. The van der Waals surface area contributed by atoms with E-state index in [1.807, 2.05) is 0 Å². The van der Waals surface area contributed by atoms with Crippen molar-refractivity contribution in [3.05, 3.63) is 0 Å². The molecule has 0 spiro atoms. The van der Waals surface area contributed by atoms with Gasteiger partial charge in [0, 0.05) is 12.1 Å². The molecule has 0 aromatic carbocycles. The monoisotopic (exact) mass is 172 g/mol. The Hall–Kier alpha value is -0.0800. The van der Waals surface area contributed by atoms with E-state index in [9.17, 15) is 0 Å². The first-order valence-electron chi connectivity index (χ1n) is 4.77. The van der Waals surface area contributed by atoms with E-state index in [0.717, 1.165) is 13.0 Å². The van der Waals surface area contributed by atoms with Gasteiger partial charge in [0.05, 0.1) is 0 Å². The molecule has 0 radical (unpaired) electrons. The van der Waals surface area contributed by atoms with E-state index >= 15 is 0 Å². The van der Waals surface area contributed by atoms with Crippen molar-refractivity contribution in [1.29, 1.82) is 0 Å². The van der Waals surface area contributed by atoms with Gasteiger partial charge in [-0.05, 0) is 25.7 Å². The number of hydrogen-bond acceptors (Lipinski definition) is 2. The highest BCUT2D eigenvalue weighted by molar-refractivity contribution is 4.81. The Morgan fingerprint density at radius 3 is 1.83 bits per heavy atom. The molecule has 0 heterocycles. The molecule has 0 amide bonds. The standard InChI is InChI=1S/C10H24N2/c1-7-11-12-10(5,6)8-9(2,3)4/h11-12H,7-8H2,1-6H3. The van der Waals surface area contributed by atoms with Crippen LogP contribution in [0.4, 0.5) is 0 Å². The third kappa shape index (κ3) is 6.62. The second-order valence-corrected chi connectivity index (χ2v) is 5.28. The Labute approximate surface area is 77.1 Å². The molecule has 2 nitrogen and oxygen atoms in total. The van der Waals surface area contributed by atoms with Crippen molar-refractivity contribution in [2.45, 2.75) is 53.5 Å². The minimum atomic E-state index is 0.175. The van der Waals surface area contributed by atoms with E-state index < -0.39 is 0 Å². The second-order valence-electron chi connectivity index (χ2n) is 5.28. The van der Waals surface area contributed by atoms with E-state index in [2.05, 4.69) is 52.4 Å². The van der Waals surface area contributed by atoms with Crippen LogP contribution in [0.3, 0.4) is 0 Å². The average Bonchev–Trinajstić information content (AvgIpc) is 1.78. The summed E-state index contributed by atoms with van der Waals surface area (Å²) in [6.07, 6.45) is 1.16. The molecule has 0 aromatic rings. The minimum absolute atomic E-state index is 0.175. The second kappa shape index (κ2) is 4.24. The maximum atomic E-state index is 3.32. The van der Waals surface area contributed by atoms with Crippen LogP contribution >= 0.6 is 0 Å². The molecule has 2 N–H and O–H groups in total. The Bertz CT molecular complexity index is 122. The van der Waals surface area contributed by atoms with E-state index in [1.54, 1.807) is 0 Å². The van der Waals surface area contributed by atoms with E-state index in [0.29, 0.717) is 5.41 Å². The smallest absolute Gasteiger partial charge is 0.0272 e. The minimum Gasteiger partial charge on any atom is -0.258 e. The van der Waals surface area contributed by atoms with Crippen molar-refractivity contribution in [3.63, 3.8) is 0 Å². The Balaban J connectivity index is 3.86. The van der Waals surface area contributed by atoms with Crippen molar-refractivity contribution in [1.82, 2.24) is 10.9 Å². The quantitative estimate of drug-likeness (QED) is 0.636. The highest BCUT2D eigenvalue weighted by Gasteiger charge is 2.24. The summed E-state index contributed by atoms with van der Waals surface area (Å²) >= 11 is 0. The SMILES string of the molecule is CCNNC(C)(C)CC(C)(C)C. The molecule has 74 valence electrons. The van der Waals surface area contributed by atoms with Crippen molar-refractivity contribution < 1.29 is 0 Å². The highest BCUT2D eigenvalue weighted by Crippen LogP contribution is 2.26. The van der Waals surface area contributed by atoms with Gasteiger partial charge >= 0.3 is 0 Å². The van der Waals surface area contributed by atoms with Crippen molar-refractivity contribution in [2.75, 3.05) is 6.54 Å². The lowest BCUT2D eigenvalue weighted by atomic mass is 9.82. The molecule has 0 unspecified atom stereocenters. The number of hydrogen-bond donors (Lipinski definition) is 2. The summed E-state index contributed by atoms with van der Waals surface area (Å²) in [5, 5.41) is 0. The summed E-state index contributed by atoms with van der Waals surface area (Å²) in [6, 6.07) is 0. The Kier molecular flexibility index (Phi) is 4.21. The Morgan fingerprint density at radius 1 is 1.00 bits per heavy atom. The third-order valence-electron chi connectivity index (χ3n) is 1.58. The summed E-state index contributed by atoms with van der Waals surface area (Å²) in [4.78, 5) is 0. The molecule has 0 bridgehead atoms. The molecule has 0 aliphatic heterocycles. The highest BCUT2D eigenvalue weighted by atomic mass is 15.4. The Morgan fingerprint density at radius 2 is 1.50 bits per heavy atom. The molecule has 12 heavy (non-hydrogen) atoms. The van der Waals surface area contributed by atoms with Gasteiger partial charge in [-0.1, -0.05) is 27.7 Å². The average molecular weight is 172 g/mol. The first kappa shape index (κ1) is 11.9. The van der Waals surface area contributed by atoms with Crippen LogP contribution in [0.2, 0.25) is 0 Å². The lowest BCUT2D eigenvalue weighted by molar-refractivity contribution is 0.221.